The number of furan rings is 1. The third kappa shape index (κ3) is 5.11. The Hall–Kier alpha value is -3.19. The Morgan fingerprint density at radius 1 is 1.10 bits per heavy atom. The molecule has 1 N–H and O–H groups in total. The van der Waals surface area contributed by atoms with E-state index in [0.29, 0.717) is 38.0 Å². The number of hydrogen-bond donors (Lipinski definition) is 1. The molecule has 1 aliphatic heterocycles. The Labute approximate surface area is 181 Å². The van der Waals surface area contributed by atoms with Gasteiger partial charge in [-0.3, -0.25) is 19.5 Å². The van der Waals surface area contributed by atoms with Crippen LogP contribution in [-0.2, 0) is 4.79 Å². The Morgan fingerprint density at radius 3 is 2.55 bits per heavy atom. The Bertz CT molecular complexity index is 958. The first-order valence-corrected chi connectivity index (χ1v) is 10.7. The van der Waals surface area contributed by atoms with Crippen LogP contribution in [0.2, 0.25) is 0 Å². The minimum absolute atomic E-state index is 0.0735. The number of ketones is 1. The number of benzene rings is 1. The van der Waals surface area contributed by atoms with E-state index in [1.54, 1.807) is 12.3 Å². The molecule has 1 aromatic heterocycles. The molecule has 4 rings (SSSR count). The summed E-state index contributed by atoms with van der Waals surface area (Å²) in [5, 5.41) is 10.3. The molecule has 0 bridgehead atoms. The summed E-state index contributed by atoms with van der Waals surface area (Å²) in [5.41, 5.74) is 1.03. The van der Waals surface area contributed by atoms with Crippen molar-refractivity contribution >= 4 is 17.9 Å². The van der Waals surface area contributed by atoms with Crippen molar-refractivity contribution in [2.75, 3.05) is 39.3 Å². The van der Waals surface area contributed by atoms with Gasteiger partial charge in [-0.2, -0.15) is 0 Å². The molecule has 1 aromatic carbocycles. The van der Waals surface area contributed by atoms with Crippen molar-refractivity contribution in [3.63, 3.8) is 0 Å². The third-order valence-electron chi connectivity index (χ3n) is 5.87. The SMILES string of the molecule is O=C1CC(c2ccco2)CC(O)=C1C=NCCN1CCN(C(=O)c2ccccc2)CC1. The molecule has 0 radical (unpaired) electrons. The van der Waals surface area contributed by atoms with E-state index in [1.165, 1.54) is 6.21 Å². The van der Waals surface area contributed by atoms with Gasteiger partial charge in [-0.25, -0.2) is 0 Å². The van der Waals surface area contributed by atoms with Crippen molar-refractivity contribution in [1.82, 2.24) is 9.80 Å². The Balaban J connectivity index is 1.23. The smallest absolute Gasteiger partial charge is 0.253 e. The summed E-state index contributed by atoms with van der Waals surface area (Å²) in [6, 6.07) is 13.0. The monoisotopic (exact) mass is 421 g/mol. The van der Waals surface area contributed by atoms with E-state index in [1.807, 2.05) is 41.3 Å². The van der Waals surface area contributed by atoms with E-state index in [-0.39, 0.29) is 23.4 Å². The van der Waals surface area contributed by atoms with E-state index in [0.717, 1.165) is 31.0 Å². The van der Waals surface area contributed by atoms with Crippen molar-refractivity contribution in [3.05, 3.63) is 71.4 Å². The number of nitrogens with zero attached hydrogens (tertiary/aromatic N) is 3. The molecule has 1 unspecified atom stereocenters. The van der Waals surface area contributed by atoms with E-state index in [9.17, 15) is 14.7 Å². The van der Waals surface area contributed by atoms with Crippen molar-refractivity contribution in [3.8, 4) is 0 Å². The molecular formula is C24H27N3O4. The number of amides is 1. The minimum Gasteiger partial charge on any atom is -0.511 e. The van der Waals surface area contributed by atoms with Crippen LogP contribution < -0.4 is 0 Å². The largest absolute Gasteiger partial charge is 0.511 e. The molecule has 1 amide bonds. The average molecular weight is 421 g/mol. The minimum atomic E-state index is -0.116. The molecule has 7 heteroatoms. The lowest BCUT2D eigenvalue weighted by atomic mass is 9.86. The molecule has 2 aromatic rings. The second kappa shape index (κ2) is 9.75. The lowest BCUT2D eigenvalue weighted by Crippen LogP contribution is -2.49. The van der Waals surface area contributed by atoms with E-state index in [2.05, 4.69) is 9.89 Å². The highest BCUT2D eigenvalue weighted by Crippen LogP contribution is 2.33. The van der Waals surface area contributed by atoms with Crippen molar-refractivity contribution in [2.45, 2.75) is 18.8 Å². The van der Waals surface area contributed by atoms with Crippen molar-refractivity contribution in [1.29, 1.82) is 0 Å². The fourth-order valence-corrected chi connectivity index (χ4v) is 4.07. The lowest BCUT2D eigenvalue weighted by molar-refractivity contribution is -0.116. The van der Waals surface area contributed by atoms with Crippen molar-refractivity contribution in [2.24, 2.45) is 4.99 Å². The number of aliphatic hydroxyl groups is 1. The fourth-order valence-electron chi connectivity index (χ4n) is 4.07. The zero-order valence-corrected chi connectivity index (χ0v) is 17.4. The molecule has 1 fully saturated rings. The van der Waals surface area contributed by atoms with E-state index in [4.69, 9.17) is 4.42 Å². The van der Waals surface area contributed by atoms with Gasteiger partial charge in [-0.05, 0) is 24.3 Å². The van der Waals surface area contributed by atoms with Crippen LogP contribution in [0.5, 0.6) is 0 Å². The number of carbonyl (C=O) groups excluding carboxylic acids is 2. The second-order valence-corrected chi connectivity index (χ2v) is 7.94. The lowest BCUT2D eigenvalue weighted by Gasteiger charge is -2.34. The first-order chi connectivity index (χ1) is 15.1. The van der Waals surface area contributed by atoms with Crippen LogP contribution in [0, 0.1) is 0 Å². The van der Waals surface area contributed by atoms with E-state index >= 15 is 0 Å². The van der Waals surface area contributed by atoms with E-state index < -0.39 is 0 Å². The number of allylic oxidation sites excluding steroid dienone is 2. The molecule has 0 saturated carbocycles. The summed E-state index contributed by atoms with van der Waals surface area (Å²) in [6.45, 7) is 4.27. The predicted octanol–water partition coefficient (Wildman–Crippen LogP) is 3.07. The number of aliphatic hydroxyl groups excluding tert-OH is 1. The molecule has 2 aliphatic rings. The Kier molecular flexibility index (Phi) is 6.62. The summed E-state index contributed by atoms with van der Waals surface area (Å²) in [4.78, 5) is 33.5. The number of hydrogen-bond acceptors (Lipinski definition) is 6. The van der Waals surface area contributed by atoms with Gasteiger partial charge in [0.05, 0.1) is 18.4 Å². The van der Waals surface area contributed by atoms with Gasteiger partial charge in [-0.15, -0.1) is 0 Å². The first-order valence-electron chi connectivity index (χ1n) is 10.7. The van der Waals surface area contributed by atoms with Gasteiger partial charge in [0.15, 0.2) is 5.78 Å². The summed E-state index contributed by atoms with van der Waals surface area (Å²) in [7, 11) is 0. The maximum absolute atomic E-state index is 12.5. The molecule has 2 heterocycles. The Morgan fingerprint density at radius 2 is 1.87 bits per heavy atom. The van der Waals surface area contributed by atoms with Crippen LogP contribution in [0.1, 0.15) is 34.9 Å². The zero-order valence-electron chi connectivity index (χ0n) is 17.4. The third-order valence-corrected chi connectivity index (χ3v) is 5.87. The van der Waals surface area contributed by atoms with Gasteiger partial charge in [0.1, 0.15) is 11.5 Å². The summed E-state index contributed by atoms with van der Waals surface area (Å²) in [6.07, 6.45) is 3.79. The molecule has 7 nitrogen and oxygen atoms in total. The summed E-state index contributed by atoms with van der Waals surface area (Å²) >= 11 is 0. The van der Waals surface area contributed by atoms with Gasteiger partial charge in [0.2, 0.25) is 0 Å². The van der Waals surface area contributed by atoms with Gasteiger partial charge in [-0.1, -0.05) is 18.2 Å². The maximum atomic E-state index is 12.5. The van der Waals surface area contributed by atoms with Gasteiger partial charge >= 0.3 is 0 Å². The number of piperazine rings is 1. The normalized spacial score (nSPS) is 20.6. The highest BCUT2D eigenvalue weighted by atomic mass is 16.3. The number of carbonyl (C=O) groups is 2. The van der Waals surface area contributed by atoms with Crippen LogP contribution in [0.25, 0.3) is 0 Å². The fraction of sp³-hybridized carbons (Fsp3) is 0.375. The first kappa shape index (κ1) is 21.1. The number of aliphatic imine (C=N–C) groups is 1. The molecule has 0 spiro atoms. The van der Waals surface area contributed by atoms with Crippen LogP contribution in [0.15, 0.2) is 69.5 Å². The van der Waals surface area contributed by atoms with Crippen LogP contribution in [-0.4, -0.2) is 72.1 Å². The summed E-state index contributed by atoms with van der Waals surface area (Å²) < 4.78 is 5.37. The van der Waals surface area contributed by atoms with Crippen LogP contribution in [0.4, 0.5) is 0 Å². The van der Waals surface area contributed by atoms with Gasteiger partial charge in [0.25, 0.3) is 5.91 Å². The maximum Gasteiger partial charge on any atom is 0.253 e. The number of Topliss-reactive ketones (excluding diaryl/α,β-unsaturated/α-hetero) is 1. The molecule has 1 saturated heterocycles. The molecular weight excluding hydrogens is 394 g/mol. The quantitative estimate of drug-likeness (QED) is 0.725. The van der Waals surface area contributed by atoms with Gasteiger partial charge in [0, 0.05) is 63.3 Å². The molecule has 1 aliphatic carbocycles. The highest BCUT2D eigenvalue weighted by Gasteiger charge is 2.29. The van der Waals surface area contributed by atoms with Crippen molar-refractivity contribution < 1.29 is 19.1 Å². The molecule has 31 heavy (non-hydrogen) atoms. The average Bonchev–Trinajstić information content (AvgIpc) is 3.33. The number of rotatable bonds is 6. The summed E-state index contributed by atoms with van der Waals surface area (Å²) in [5.74, 6) is 0.649. The van der Waals surface area contributed by atoms with Crippen LogP contribution in [0.3, 0.4) is 0 Å². The van der Waals surface area contributed by atoms with Gasteiger partial charge < -0.3 is 14.4 Å². The topological polar surface area (TPSA) is 86.3 Å². The molecule has 162 valence electrons. The van der Waals surface area contributed by atoms with Crippen LogP contribution >= 0.6 is 0 Å². The zero-order chi connectivity index (χ0) is 21.6. The second-order valence-electron chi connectivity index (χ2n) is 7.94. The highest BCUT2D eigenvalue weighted by molar-refractivity contribution is 6.14. The predicted molar refractivity (Wildman–Crippen MR) is 117 cm³/mol. The molecule has 1 atom stereocenters. The standard InChI is InChI=1S/C24H27N3O4/c28-21-15-19(23-7-4-14-31-23)16-22(29)20(21)17-25-8-9-26-10-12-27(13-11-26)24(30)18-5-2-1-3-6-18/h1-7,14,17,19,28H,8-13,15-16H2.